The lowest BCUT2D eigenvalue weighted by Gasteiger charge is -2.32. The third kappa shape index (κ3) is 4.05. The van der Waals surface area contributed by atoms with Gasteiger partial charge in [0.1, 0.15) is 18.1 Å². The number of nitrogens with zero attached hydrogens (tertiary/aromatic N) is 3. The van der Waals surface area contributed by atoms with Crippen LogP contribution in [0.15, 0.2) is 28.8 Å². The van der Waals surface area contributed by atoms with E-state index in [9.17, 15) is 4.79 Å². The van der Waals surface area contributed by atoms with E-state index < -0.39 is 0 Å². The summed E-state index contributed by atoms with van der Waals surface area (Å²) in [5.74, 6) is 1.53. The number of piperazine rings is 1. The Bertz CT molecular complexity index is 809. The van der Waals surface area contributed by atoms with Gasteiger partial charge in [-0.25, -0.2) is 0 Å². The molecule has 2 saturated heterocycles. The summed E-state index contributed by atoms with van der Waals surface area (Å²) in [6.07, 6.45) is 1.05. The summed E-state index contributed by atoms with van der Waals surface area (Å²) >= 11 is 0. The first-order valence-electron chi connectivity index (χ1n) is 10.0. The first-order chi connectivity index (χ1) is 13.6. The van der Waals surface area contributed by atoms with E-state index in [1.165, 1.54) is 0 Å². The summed E-state index contributed by atoms with van der Waals surface area (Å²) in [6, 6.07) is 7.93. The van der Waals surface area contributed by atoms with Gasteiger partial charge in [-0.15, -0.1) is 0 Å². The molecule has 1 aromatic heterocycles. The molecular formula is C21H28N4O3. The lowest BCUT2D eigenvalue weighted by molar-refractivity contribution is 0.0773. The number of likely N-dealkylation sites (tertiary alicyclic amines) is 1. The largest absolute Gasteiger partial charge is 0.489 e. The van der Waals surface area contributed by atoms with E-state index >= 15 is 0 Å². The van der Waals surface area contributed by atoms with Crippen LogP contribution in [0.3, 0.4) is 0 Å². The Labute approximate surface area is 165 Å². The maximum Gasteiger partial charge on any atom is 0.254 e. The fourth-order valence-corrected chi connectivity index (χ4v) is 4.04. The second-order valence-corrected chi connectivity index (χ2v) is 7.60. The number of hydrogen-bond donors (Lipinski definition) is 1. The summed E-state index contributed by atoms with van der Waals surface area (Å²) in [4.78, 5) is 17.5. The number of aromatic nitrogens is 1. The Balaban J connectivity index is 1.38. The highest BCUT2D eigenvalue weighted by atomic mass is 16.5. The summed E-state index contributed by atoms with van der Waals surface area (Å²) in [7, 11) is 0. The van der Waals surface area contributed by atoms with Crippen molar-refractivity contribution < 1.29 is 14.1 Å². The van der Waals surface area contributed by atoms with Gasteiger partial charge in [-0.3, -0.25) is 9.69 Å². The summed E-state index contributed by atoms with van der Waals surface area (Å²) in [5.41, 5.74) is 2.47. The van der Waals surface area contributed by atoms with Gasteiger partial charge >= 0.3 is 0 Å². The molecule has 2 fully saturated rings. The molecule has 1 atom stereocenters. The van der Waals surface area contributed by atoms with Gasteiger partial charge in [-0.1, -0.05) is 11.2 Å². The van der Waals surface area contributed by atoms with Gasteiger partial charge in [0.25, 0.3) is 5.91 Å². The molecule has 0 aliphatic carbocycles. The third-order valence-electron chi connectivity index (χ3n) is 5.76. The first-order valence-corrected chi connectivity index (χ1v) is 10.0. The SMILES string of the molecule is Cc1noc(C)c1COc1cccc(C(=O)N2CCC(N3CCNCC3)C2)c1. The smallest absolute Gasteiger partial charge is 0.254 e. The molecule has 2 aromatic rings. The summed E-state index contributed by atoms with van der Waals surface area (Å²) < 4.78 is 11.1. The Morgan fingerprint density at radius 2 is 2.11 bits per heavy atom. The van der Waals surface area contributed by atoms with Gasteiger partial charge < -0.3 is 19.5 Å². The van der Waals surface area contributed by atoms with Crippen molar-refractivity contribution in [2.45, 2.75) is 32.9 Å². The lowest BCUT2D eigenvalue weighted by Crippen LogP contribution is -2.49. The molecule has 1 amide bonds. The van der Waals surface area contributed by atoms with Crippen LogP contribution in [-0.2, 0) is 6.61 Å². The number of hydrogen-bond acceptors (Lipinski definition) is 6. The Morgan fingerprint density at radius 1 is 1.29 bits per heavy atom. The number of amides is 1. The zero-order chi connectivity index (χ0) is 19.5. The Kier molecular flexibility index (Phi) is 5.64. The number of carbonyl (C=O) groups is 1. The van der Waals surface area contributed by atoms with Gasteiger partial charge in [0.15, 0.2) is 0 Å². The van der Waals surface area contributed by atoms with Crippen LogP contribution in [0.25, 0.3) is 0 Å². The van der Waals surface area contributed by atoms with Gasteiger partial charge in [0.05, 0.1) is 11.3 Å². The number of ether oxygens (including phenoxy) is 1. The number of rotatable bonds is 5. The van der Waals surface area contributed by atoms with Crippen molar-refractivity contribution >= 4 is 5.91 Å². The van der Waals surface area contributed by atoms with Crippen LogP contribution in [0.1, 0.15) is 33.8 Å². The maximum absolute atomic E-state index is 13.0. The van der Waals surface area contributed by atoms with E-state index in [1.54, 1.807) is 0 Å². The van der Waals surface area contributed by atoms with Crippen molar-refractivity contribution in [2.24, 2.45) is 0 Å². The fourth-order valence-electron chi connectivity index (χ4n) is 4.04. The Hall–Kier alpha value is -2.38. The van der Waals surface area contributed by atoms with Crippen molar-refractivity contribution in [3.05, 3.63) is 46.8 Å². The minimum atomic E-state index is 0.0837. The fraction of sp³-hybridized carbons (Fsp3) is 0.524. The van der Waals surface area contributed by atoms with Crippen LogP contribution in [-0.4, -0.2) is 66.2 Å². The van der Waals surface area contributed by atoms with Crippen molar-refractivity contribution in [1.29, 1.82) is 0 Å². The van der Waals surface area contributed by atoms with Crippen LogP contribution in [0, 0.1) is 13.8 Å². The van der Waals surface area contributed by atoms with E-state index in [0.29, 0.717) is 24.0 Å². The van der Waals surface area contributed by atoms with Crippen molar-refractivity contribution in [1.82, 2.24) is 20.3 Å². The van der Waals surface area contributed by atoms with Gasteiger partial charge in [0.2, 0.25) is 0 Å². The molecule has 2 aliphatic rings. The zero-order valence-electron chi connectivity index (χ0n) is 16.6. The second-order valence-electron chi connectivity index (χ2n) is 7.60. The highest BCUT2D eigenvalue weighted by Crippen LogP contribution is 2.22. The molecule has 4 rings (SSSR count). The number of aryl methyl sites for hydroxylation is 2. The standard InChI is InChI=1S/C21H28N4O3/c1-15-20(16(2)28-23-15)14-27-19-5-3-4-17(12-19)21(26)25-9-6-18(13-25)24-10-7-22-8-11-24/h3-5,12,18,22H,6-11,13-14H2,1-2H3. The molecule has 28 heavy (non-hydrogen) atoms. The average molecular weight is 384 g/mol. The minimum Gasteiger partial charge on any atom is -0.489 e. The van der Waals surface area contributed by atoms with E-state index in [-0.39, 0.29) is 5.91 Å². The number of benzene rings is 1. The molecule has 1 N–H and O–H groups in total. The topological polar surface area (TPSA) is 70.8 Å². The van der Waals surface area contributed by atoms with E-state index in [2.05, 4.69) is 15.4 Å². The lowest BCUT2D eigenvalue weighted by atomic mass is 10.2. The number of nitrogens with one attached hydrogen (secondary N) is 1. The molecule has 1 unspecified atom stereocenters. The predicted molar refractivity (Wildman–Crippen MR) is 106 cm³/mol. The van der Waals surface area contributed by atoms with Gasteiger partial charge in [-0.05, 0) is 38.5 Å². The predicted octanol–water partition coefficient (Wildman–Crippen LogP) is 1.99. The van der Waals surface area contributed by atoms with Crippen LogP contribution < -0.4 is 10.1 Å². The van der Waals surface area contributed by atoms with Crippen LogP contribution in [0.2, 0.25) is 0 Å². The molecule has 2 aliphatic heterocycles. The Morgan fingerprint density at radius 3 is 2.86 bits per heavy atom. The molecule has 1 aromatic carbocycles. The number of carbonyl (C=O) groups excluding carboxylic acids is 1. The van der Waals surface area contributed by atoms with Crippen LogP contribution >= 0.6 is 0 Å². The molecule has 3 heterocycles. The van der Waals surface area contributed by atoms with Crippen LogP contribution in [0.5, 0.6) is 5.75 Å². The van der Waals surface area contributed by atoms with Gasteiger partial charge in [-0.2, -0.15) is 0 Å². The van der Waals surface area contributed by atoms with Gasteiger partial charge in [0, 0.05) is 50.9 Å². The minimum absolute atomic E-state index is 0.0837. The molecule has 0 spiro atoms. The second kappa shape index (κ2) is 8.32. The molecule has 0 radical (unpaired) electrons. The molecule has 0 bridgehead atoms. The van der Waals surface area contributed by atoms with Crippen molar-refractivity contribution in [3.63, 3.8) is 0 Å². The zero-order valence-corrected chi connectivity index (χ0v) is 16.6. The highest BCUT2D eigenvalue weighted by molar-refractivity contribution is 5.94. The highest BCUT2D eigenvalue weighted by Gasteiger charge is 2.31. The van der Waals surface area contributed by atoms with Crippen molar-refractivity contribution in [2.75, 3.05) is 39.3 Å². The van der Waals surface area contributed by atoms with Crippen LogP contribution in [0.4, 0.5) is 0 Å². The quantitative estimate of drug-likeness (QED) is 0.850. The molecular weight excluding hydrogens is 356 g/mol. The van der Waals surface area contributed by atoms with E-state index in [1.807, 2.05) is 43.0 Å². The molecule has 0 saturated carbocycles. The first kappa shape index (κ1) is 19.0. The molecule has 7 nitrogen and oxygen atoms in total. The third-order valence-corrected chi connectivity index (χ3v) is 5.76. The summed E-state index contributed by atoms with van der Waals surface area (Å²) in [6.45, 7) is 9.99. The van der Waals surface area contributed by atoms with Crippen molar-refractivity contribution in [3.8, 4) is 5.75 Å². The monoisotopic (exact) mass is 384 g/mol. The average Bonchev–Trinajstić information content (AvgIpc) is 3.34. The normalized spacial score (nSPS) is 20.5. The maximum atomic E-state index is 13.0. The molecule has 7 heteroatoms. The van der Waals surface area contributed by atoms with E-state index in [4.69, 9.17) is 9.26 Å². The summed E-state index contributed by atoms with van der Waals surface area (Å²) in [5, 5.41) is 7.34. The molecule has 150 valence electrons. The van der Waals surface area contributed by atoms with E-state index in [0.717, 1.165) is 62.7 Å².